The molecular formula is C13H18F2N2O. The van der Waals surface area contributed by atoms with E-state index in [2.05, 4.69) is 10.6 Å². The lowest BCUT2D eigenvalue weighted by atomic mass is 9.99. The molecule has 1 saturated heterocycles. The highest BCUT2D eigenvalue weighted by atomic mass is 19.2. The lowest BCUT2D eigenvalue weighted by molar-refractivity contribution is 0.0708. The van der Waals surface area contributed by atoms with Crippen molar-refractivity contribution in [3.05, 3.63) is 35.4 Å². The Balaban J connectivity index is 2.04. The van der Waals surface area contributed by atoms with Gasteiger partial charge in [0.15, 0.2) is 11.6 Å². The van der Waals surface area contributed by atoms with E-state index in [9.17, 15) is 8.78 Å². The molecule has 2 rings (SSSR count). The van der Waals surface area contributed by atoms with Gasteiger partial charge in [-0.05, 0) is 31.2 Å². The second kappa shape index (κ2) is 6.22. The second-order valence-electron chi connectivity index (χ2n) is 4.48. The summed E-state index contributed by atoms with van der Waals surface area (Å²) < 4.78 is 31.5. The molecule has 0 amide bonds. The van der Waals surface area contributed by atoms with Gasteiger partial charge in [0.1, 0.15) is 0 Å². The van der Waals surface area contributed by atoms with Crippen molar-refractivity contribution in [3.63, 3.8) is 0 Å². The van der Waals surface area contributed by atoms with E-state index < -0.39 is 11.6 Å². The molecule has 100 valence electrons. The molecule has 1 aromatic carbocycles. The van der Waals surface area contributed by atoms with Crippen molar-refractivity contribution in [3.8, 4) is 0 Å². The number of hydrogen-bond acceptors (Lipinski definition) is 3. The fourth-order valence-corrected chi connectivity index (χ4v) is 2.21. The number of hydrogen-bond donors (Lipinski definition) is 2. The predicted molar refractivity (Wildman–Crippen MR) is 65.4 cm³/mol. The van der Waals surface area contributed by atoms with Gasteiger partial charge in [-0.25, -0.2) is 8.78 Å². The Morgan fingerprint density at radius 1 is 1.44 bits per heavy atom. The predicted octanol–water partition coefficient (Wildman–Crippen LogP) is 1.60. The van der Waals surface area contributed by atoms with Gasteiger partial charge in [-0.3, -0.25) is 0 Å². The van der Waals surface area contributed by atoms with Gasteiger partial charge in [0.25, 0.3) is 0 Å². The molecule has 18 heavy (non-hydrogen) atoms. The molecule has 3 nitrogen and oxygen atoms in total. The minimum Gasteiger partial charge on any atom is -0.379 e. The molecular weight excluding hydrogens is 238 g/mol. The summed E-state index contributed by atoms with van der Waals surface area (Å²) in [5.74, 6) is -1.62. The Bertz CT molecular complexity index is 395. The Morgan fingerprint density at radius 3 is 2.89 bits per heavy atom. The van der Waals surface area contributed by atoms with Crippen LogP contribution in [-0.2, 0) is 4.74 Å². The summed E-state index contributed by atoms with van der Waals surface area (Å²) in [7, 11) is 1.82. The van der Waals surface area contributed by atoms with Crippen molar-refractivity contribution < 1.29 is 13.5 Å². The first kappa shape index (κ1) is 13.4. The van der Waals surface area contributed by atoms with Crippen molar-refractivity contribution in [1.29, 1.82) is 0 Å². The lowest BCUT2D eigenvalue weighted by Gasteiger charge is -2.28. The van der Waals surface area contributed by atoms with Crippen LogP contribution in [0.5, 0.6) is 0 Å². The first-order valence-electron chi connectivity index (χ1n) is 6.14. The quantitative estimate of drug-likeness (QED) is 0.858. The van der Waals surface area contributed by atoms with Crippen LogP contribution in [0.25, 0.3) is 0 Å². The SMILES string of the molecule is CNC(CC1COCCN1)c1ccc(F)c(F)c1. The van der Waals surface area contributed by atoms with Gasteiger partial charge in [-0.2, -0.15) is 0 Å². The van der Waals surface area contributed by atoms with E-state index in [1.54, 1.807) is 6.07 Å². The van der Waals surface area contributed by atoms with Crippen molar-refractivity contribution in [2.24, 2.45) is 0 Å². The molecule has 0 bridgehead atoms. The zero-order valence-electron chi connectivity index (χ0n) is 10.4. The van der Waals surface area contributed by atoms with Crippen LogP contribution >= 0.6 is 0 Å². The maximum absolute atomic E-state index is 13.2. The van der Waals surface area contributed by atoms with Crippen LogP contribution in [0, 0.1) is 11.6 Å². The first-order valence-corrected chi connectivity index (χ1v) is 6.14. The molecule has 1 aliphatic heterocycles. The average molecular weight is 256 g/mol. The van der Waals surface area contributed by atoms with Gasteiger partial charge in [0, 0.05) is 18.6 Å². The van der Waals surface area contributed by atoms with Gasteiger partial charge < -0.3 is 15.4 Å². The normalized spacial score (nSPS) is 21.8. The molecule has 5 heteroatoms. The third-order valence-electron chi connectivity index (χ3n) is 3.21. The molecule has 0 spiro atoms. The van der Waals surface area contributed by atoms with Crippen LogP contribution in [-0.4, -0.2) is 32.8 Å². The third-order valence-corrected chi connectivity index (χ3v) is 3.21. The molecule has 2 unspecified atom stereocenters. The number of ether oxygens (including phenoxy) is 1. The molecule has 1 aromatic rings. The highest BCUT2D eigenvalue weighted by Crippen LogP contribution is 2.21. The highest BCUT2D eigenvalue weighted by Gasteiger charge is 2.19. The molecule has 1 heterocycles. The summed E-state index contributed by atoms with van der Waals surface area (Å²) in [6.45, 7) is 2.21. The summed E-state index contributed by atoms with van der Waals surface area (Å²) in [5.41, 5.74) is 0.753. The Kier molecular flexibility index (Phi) is 4.63. The van der Waals surface area contributed by atoms with E-state index in [1.807, 2.05) is 7.05 Å². The molecule has 2 atom stereocenters. The number of rotatable bonds is 4. The van der Waals surface area contributed by atoms with E-state index in [-0.39, 0.29) is 12.1 Å². The molecule has 1 fully saturated rings. The standard InChI is InChI=1S/C13H18F2N2O/c1-16-13(7-10-8-18-5-4-17-10)9-2-3-11(14)12(15)6-9/h2-3,6,10,13,16-17H,4-5,7-8H2,1H3. The molecule has 1 aliphatic rings. The Labute approximate surface area is 106 Å². The fraction of sp³-hybridized carbons (Fsp3) is 0.538. The highest BCUT2D eigenvalue weighted by molar-refractivity contribution is 5.21. The van der Waals surface area contributed by atoms with Crippen LogP contribution < -0.4 is 10.6 Å². The number of halogens is 2. The molecule has 0 radical (unpaired) electrons. The monoisotopic (exact) mass is 256 g/mol. The van der Waals surface area contributed by atoms with Crippen molar-refractivity contribution in [2.45, 2.75) is 18.5 Å². The lowest BCUT2D eigenvalue weighted by Crippen LogP contribution is -2.43. The van der Waals surface area contributed by atoms with Crippen LogP contribution in [0.3, 0.4) is 0 Å². The molecule has 0 aliphatic carbocycles. The largest absolute Gasteiger partial charge is 0.379 e. The average Bonchev–Trinajstić information content (AvgIpc) is 2.40. The summed E-state index contributed by atoms with van der Waals surface area (Å²) in [5, 5.41) is 6.47. The Morgan fingerprint density at radius 2 is 2.28 bits per heavy atom. The second-order valence-corrected chi connectivity index (χ2v) is 4.48. The van der Waals surface area contributed by atoms with Gasteiger partial charge >= 0.3 is 0 Å². The minimum absolute atomic E-state index is 0.0145. The van der Waals surface area contributed by atoms with Gasteiger partial charge in [-0.15, -0.1) is 0 Å². The van der Waals surface area contributed by atoms with E-state index >= 15 is 0 Å². The van der Waals surface area contributed by atoms with Crippen LogP contribution in [0.2, 0.25) is 0 Å². The number of benzene rings is 1. The third kappa shape index (κ3) is 3.25. The van der Waals surface area contributed by atoms with E-state index in [0.29, 0.717) is 6.61 Å². The van der Waals surface area contributed by atoms with Gasteiger partial charge in [-0.1, -0.05) is 6.07 Å². The zero-order chi connectivity index (χ0) is 13.0. The maximum atomic E-state index is 13.2. The smallest absolute Gasteiger partial charge is 0.159 e. The van der Waals surface area contributed by atoms with Crippen LogP contribution in [0.1, 0.15) is 18.0 Å². The summed E-state index contributed by atoms with van der Waals surface area (Å²) >= 11 is 0. The van der Waals surface area contributed by atoms with Crippen LogP contribution in [0.15, 0.2) is 18.2 Å². The maximum Gasteiger partial charge on any atom is 0.159 e. The van der Waals surface area contributed by atoms with Crippen molar-refractivity contribution in [1.82, 2.24) is 10.6 Å². The van der Waals surface area contributed by atoms with E-state index in [0.717, 1.165) is 25.1 Å². The van der Waals surface area contributed by atoms with E-state index in [4.69, 9.17) is 4.74 Å². The van der Waals surface area contributed by atoms with Gasteiger partial charge in [0.05, 0.1) is 13.2 Å². The van der Waals surface area contributed by atoms with Crippen LogP contribution in [0.4, 0.5) is 8.78 Å². The zero-order valence-corrected chi connectivity index (χ0v) is 10.4. The summed E-state index contributed by atoms with van der Waals surface area (Å²) in [6, 6.07) is 4.26. The van der Waals surface area contributed by atoms with Crippen molar-refractivity contribution >= 4 is 0 Å². The number of morpholine rings is 1. The van der Waals surface area contributed by atoms with Crippen molar-refractivity contribution in [2.75, 3.05) is 26.8 Å². The minimum atomic E-state index is -0.812. The molecule has 0 saturated carbocycles. The topological polar surface area (TPSA) is 33.3 Å². The molecule has 0 aromatic heterocycles. The fourth-order valence-electron chi connectivity index (χ4n) is 2.21. The number of nitrogens with one attached hydrogen (secondary N) is 2. The first-order chi connectivity index (χ1) is 8.70. The summed E-state index contributed by atoms with van der Waals surface area (Å²) in [4.78, 5) is 0. The van der Waals surface area contributed by atoms with Gasteiger partial charge in [0.2, 0.25) is 0 Å². The Hall–Kier alpha value is -1.04. The molecule has 2 N–H and O–H groups in total. The van der Waals surface area contributed by atoms with E-state index in [1.165, 1.54) is 12.1 Å². The summed E-state index contributed by atoms with van der Waals surface area (Å²) in [6.07, 6.45) is 0.779.